The molecule has 9 heteroatoms. The van der Waals surface area contributed by atoms with E-state index in [1.165, 1.54) is 12.1 Å². The number of ether oxygens (including phenoxy) is 1. The second-order valence-electron chi connectivity index (χ2n) is 8.80. The van der Waals surface area contributed by atoms with Crippen LogP contribution in [0, 0.1) is 11.3 Å². The molecule has 4 rings (SSSR count). The van der Waals surface area contributed by atoms with Gasteiger partial charge in [0.15, 0.2) is 5.96 Å². The lowest BCUT2D eigenvalue weighted by Crippen LogP contribution is -2.68. The third-order valence-corrected chi connectivity index (χ3v) is 7.24. The largest absolute Gasteiger partial charge is 0.469 e. The van der Waals surface area contributed by atoms with Gasteiger partial charge in [0.2, 0.25) is 10.0 Å². The highest BCUT2D eigenvalue weighted by Gasteiger charge is 2.59. The minimum atomic E-state index is -3.70. The predicted octanol–water partition coefficient (Wildman–Crippen LogP) is 2.02. The van der Waals surface area contributed by atoms with Crippen molar-refractivity contribution in [1.82, 2.24) is 10.6 Å². The lowest BCUT2D eigenvalue weighted by atomic mass is 9.57. The molecular weight excluding hydrogens is 416 g/mol. The summed E-state index contributed by atoms with van der Waals surface area (Å²) in [6, 6.07) is 10.6. The summed E-state index contributed by atoms with van der Waals surface area (Å²) in [4.78, 5) is 4.84. The Balaban J connectivity index is 1.44. The molecule has 8 nitrogen and oxygen atoms in total. The van der Waals surface area contributed by atoms with Gasteiger partial charge in [-0.25, -0.2) is 18.5 Å². The average molecular weight is 447 g/mol. The number of nitrogens with zero attached hydrogens (tertiary/aromatic N) is 1. The van der Waals surface area contributed by atoms with E-state index < -0.39 is 10.0 Å². The van der Waals surface area contributed by atoms with Gasteiger partial charge < -0.3 is 19.8 Å². The highest BCUT2D eigenvalue weighted by atomic mass is 32.2. The summed E-state index contributed by atoms with van der Waals surface area (Å²) >= 11 is 0. The summed E-state index contributed by atoms with van der Waals surface area (Å²) in [6.07, 6.45) is 3.77. The lowest BCUT2D eigenvalue weighted by molar-refractivity contribution is -0.106. The molecule has 2 fully saturated rings. The van der Waals surface area contributed by atoms with Crippen molar-refractivity contribution >= 4 is 16.0 Å². The second kappa shape index (κ2) is 8.64. The number of nitrogens with one attached hydrogen (secondary N) is 2. The molecule has 1 saturated carbocycles. The van der Waals surface area contributed by atoms with Gasteiger partial charge in [-0.1, -0.05) is 26.0 Å². The molecule has 1 saturated heterocycles. The van der Waals surface area contributed by atoms with E-state index in [2.05, 4.69) is 24.5 Å². The molecule has 0 bridgehead atoms. The molecule has 0 amide bonds. The summed E-state index contributed by atoms with van der Waals surface area (Å²) in [7, 11) is -3.70. The molecule has 3 atom stereocenters. The normalized spacial score (nSPS) is 25.0. The van der Waals surface area contributed by atoms with E-state index in [-0.39, 0.29) is 16.4 Å². The van der Waals surface area contributed by atoms with Gasteiger partial charge in [0, 0.05) is 36.9 Å². The van der Waals surface area contributed by atoms with Crippen molar-refractivity contribution in [1.29, 1.82) is 0 Å². The van der Waals surface area contributed by atoms with Crippen LogP contribution in [0.5, 0.6) is 0 Å². The van der Waals surface area contributed by atoms with Crippen LogP contribution >= 0.6 is 0 Å². The quantitative estimate of drug-likeness (QED) is 0.442. The Bertz CT molecular complexity index is 1020. The Kier molecular flexibility index (Phi) is 6.09. The van der Waals surface area contributed by atoms with Gasteiger partial charge in [0.05, 0.1) is 23.8 Å². The summed E-state index contributed by atoms with van der Waals surface area (Å²) in [6.45, 7) is 6.36. The van der Waals surface area contributed by atoms with E-state index in [1.807, 2.05) is 12.1 Å². The third-order valence-electron chi connectivity index (χ3n) is 6.31. The number of hydrogen-bond donors (Lipinski definition) is 3. The zero-order valence-electron chi connectivity index (χ0n) is 17.9. The van der Waals surface area contributed by atoms with Gasteiger partial charge in [0.1, 0.15) is 5.76 Å². The summed E-state index contributed by atoms with van der Waals surface area (Å²) in [5.74, 6) is 2.13. The van der Waals surface area contributed by atoms with Gasteiger partial charge in [-0.05, 0) is 36.2 Å². The van der Waals surface area contributed by atoms with Crippen molar-refractivity contribution in [3.05, 3.63) is 54.0 Å². The maximum absolute atomic E-state index is 11.5. The lowest BCUT2D eigenvalue weighted by Gasteiger charge is -2.54. The maximum Gasteiger partial charge on any atom is 0.238 e. The van der Waals surface area contributed by atoms with E-state index in [0.717, 1.165) is 36.7 Å². The number of benzene rings is 1. The first-order chi connectivity index (χ1) is 14.7. The van der Waals surface area contributed by atoms with E-state index in [0.29, 0.717) is 25.1 Å². The average Bonchev–Trinajstić information content (AvgIpc) is 3.40. The number of primary sulfonamides is 1. The summed E-state index contributed by atoms with van der Waals surface area (Å²) in [5.41, 5.74) is 0.927. The zero-order chi connectivity index (χ0) is 22.1. The number of rotatable bonds is 7. The SMILES string of the molecule is CC1(C)C(NC(=NCc2ccc(S(N)(=O)=O)cc2)NCCc2ccco2)C2CCOC21. The molecule has 2 heterocycles. The monoisotopic (exact) mass is 446 g/mol. The highest BCUT2D eigenvalue weighted by Crippen LogP contribution is 2.52. The molecular formula is C22H30N4O4S. The molecule has 4 N–H and O–H groups in total. The molecule has 168 valence electrons. The van der Waals surface area contributed by atoms with Gasteiger partial charge >= 0.3 is 0 Å². The van der Waals surface area contributed by atoms with Crippen molar-refractivity contribution in [2.75, 3.05) is 13.2 Å². The first-order valence-electron chi connectivity index (χ1n) is 10.6. The van der Waals surface area contributed by atoms with Crippen LogP contribution in [-0.2, 0) is 27.7 Å². The highest BCUT2D eigenvalue weighted by molar-refractivity contribution is 7.89. The molecule has 1 aromatic heterocycles. The maximum atomic E-state index is 11.5. The molecule has 0 radical (unpaired) electrons. The summed E-state index contributed by atoms with van der Waals surface area (Å²) in [5, 5.41) is 12.2. The van der Waals surface area contributed by atoms with Crippen LogP contribution in [0.1, 0.15) is 31.6 Å². The van der Waals surface area contributed by atoms with Gasteiger partial charge in [-0.15, -0.1) is 0 Å². The Labute approximate surface area is 183 Å². The Morgan fingerprint density at radius 3 is 2.71 bits per heavy atom. The molecule has 1 aliphatic carbocycles. The Hall–Kier alpha value is -2.36. The topological polar surface area (TPSA) is 119 Å². The van der Waals surface area contributed by atoms with Crippen molar-refractivity contribution in [3.8, 4) is 0 Å². The first kappa shape index (κ1) is 21.9. The van der Waals surface area contributed by atoms with E-state index >= 15 is 0 Å². The minimum absolute atomic E-state index is 0.0295. The number of nitrogens with two attached hydrogens (primary N) is 1. The molecule has 1 aromatic carbocycles. The van der Waals surface area contributed by atoms with Crippen LogP contribution in [0.25, 0.3) is 0 Å². The molecule has 0 spiro atoms. The minimum Gasteiger partial charge on any atom is -0.469 e. The van der Waals surface area contributed by atoms with Crippen molar-refractivity contribution in [2.24, 2.45) is 21.5 Å². The number of aliphatic imine (C=N–C) groups is 1. The smallest absolute Gasteiger partial charge is 0.238 e. The van der Waals surface area contributed by atoms with Gasteiger partial charge in [-0.3, -0.25) is 0 Å². The third kappa shape index (κ3) is 4.78. The molecule has 2 aliphatic rings. The fourth-order valence-electron chi connectivity index (χ4n) is 4.63. The fourth-order valence-corrected chi connectivity index (χ4v) is 5.15. The van der Waals surface area contributed by atoms with Crippen LogP contribution < -0.4 is 15.8 Å². The molecule has 3 unspecified atom stereocenters. The van der Waals surface area contributed by atoms with Crippen LogP contribution in [0.15, 0.2) is 57.0 Å². The molecule has 2 aromatic rings. The molecule has 1 aliphatic heterocycles. The summed E-state index contributed by atoms with van der Waals surface area (Å²) < 4.78 is 34.2. The van der Waals surface area contributed by atoms with Gasteiger partial charge in [-0.2, -0.15) is 0 Å². The van der Waals surface area contributed by atoms with Crippen molar-refractivity contribution < 1.29 is 17.6 Å². The standard InChI is InChI=1S/C22H30N4O4S/c1-22(2)19(18-10-13-30-20(18)22)26-21(24-11-9-16-4-3-12-29-16)25-14-15-5-7-17(8-6-15)31(23,27)28/h3-8,12,18-20H,9-11,13-14H2,1-2H3,(H2,23,27,28)(H2,24,25,26). The molecule has 31 heavy (non-hydrogen) atoms. The van der Waals surface area contributed by atoms with Gasteiger partial charge in [0.25, 0.3) is 0 Å². The van der Waals surface area contributed by atoms with E-state index in [4.69, 9.17) is 19.3 Å². The predicted molar refractivity (Wildman–Crippen MR) is 118 cm³/mol. The fraction of sp³-hybridized carbons (Fsp3) is 0.500. The Morgan fingerprint density at radius 2 is 2.03 bits per heavy atom. The van der Waals surface area contributed by atoms with Crippen molar-refractivity contribution in [2.45, 2.75) is 50.3 Å². The second-order valence-corrected chi connectivity index (χ2v) is 10.4. The van der Waals surface area contributed by atoms with E-state index in [1.54, 1.807) is 18.4 Å². The number of furan rings is 1. The Morgan fingerprint density at radius 1 is 1.26 bits per heavy atom. The van der Waals surface area contributed by atoms with Crippen LogP contribution in [0.3, 0.4) is 0 Å². The number of sulfonamides is 1. The number of hydrogen-bond acceptors (Lipinski definition) is 5. The number of guanidine groups is 1. The zero-order valence-corrected chi connectivity index (χ0v) is 18.7. The van der Waals surface area contributed by atoms with Crippen LogP contribution in [-0.4, -0.2) is 39.7 Å². The van der Waals surface area contributed by atoms with E-state index in [9.17, 15) is 8.42 Å². The van der Waals surface area contributed by atoms with Crippen molar-refractivity contribution in [3.63, 3.8) is 0 Å². The first-order valence-corrected chi connectivity index (χ1v) is 12.1. The van der Waals surface area contributed by atoms with Crippen LogP contribution in [0.4, 0.5) is 0 Å². The van der Waals surface area contributed by atoms with Crippen LogP contribution in [0.2, 0.25) is 0 Å². The number of fused-ring (bicyclic) bond motifs is 1.